The van der Waals surface area contributed by atoms with Crippen LogP contribution in [-0.4, -0.2) is 36.2 Å². The van der Waals surface area contributed by atoms with E-state index in [-0.39, 0.29) is 35.6 Å². The number of benzene rings is 1. The van der Waals surface area contributed by atoms with Crippen LogP contribution in [0.4, 0.5) is 0 Å². The standard InChI is InChI=1S/C26H35NO5/c1-25(18-7-9-26(2)17(12-18)4-6-23(26)29)10-8-20(28)13-19(25)14-27-24(30)16-3-5-21-22(11-16)32-15-31-21/h3,5,11,17-20,28H,4,6-10,12-15H2,1-2H3,(H,27,30). The average molecular weight is 442 g/mol. The zero-order valence-electron chi connectivity index (χ0n) is 19.2. The molecule has 1 amide bonds. The van der Waals surface area contributed by atoms with Crippen LogP contribution in [-0.2, 0) is 4.79 Å². The van der Waals surface area contributed by atoms with Crippen molar-refractivity contribution in [1.82, 2.24) is 5.32 Å². The van der Waals surface area contributed by atoms with Crippen molar-refractivity contribution in [2.45, 2.75) is 71.3 Å². The van der Waals surface area contributed by atoms with Gasteiger partial charge in [-0.3, -0.25) is 9.59 Å². The van der Waals surface area contributed by atoms with Crippen molar-refractivity contribution in [3.8, 4) is 11.5 Å². The van der Waals surface area contributed by atoms with Crippen molar-refractivity contribution in [3.63, 3.8) is 0 Å². The zero-order chi connectivity index (χ0) is 22.5. The number of amides is 1. The minimum atomic E-state index is -0.308. The first kappa shape index (κ1) is 21.7. The minimum Gasteiger partial charge on any atom is -0.454 e. The fraction of sp³-hybridized carbons (Fsp3) is 0.692. The number of rotatable bonds is 4. The summed E-state index contributed by atoms with van der Waals surface area (Å²) in [6.07, 6.45) is 7.11. The molecule has 6 atom stereocenters. The average Bonchev–Trinajstić information content (AvgIpc) is 3.37. The Morgan fingerprint density at radius 3 is 2.75 bits per heavy atom. The Balaban J connectivity index is 1.28. The lowest BCUT2D eigenvalue weighted by molar-refractivity contribution is -0.130. The van der Waals surface area contributed by atoms with Gasteiger partial charge in [0, 0.05) is 23.9 Å². The number of carbonyl (C=O) groups excluding carboxylic acids is 2. The molecule has 6 heteroatoms. The van der Waals surface area contributed by atoms with Gasteiger partial charge in [0.05, 0.1) is 6.10 Å². The van der Waals surface area contributed by atoms with E-state index in [2.05, 4.69) is 19.2 Å². The molecule has 1 aliphatic heterocycles. The number of aliphatic hydroxyl groups excluding tert-OH is 1. The Hall–Kier alpha value is -2.08. The molecule has 1 heterocycles. The van der Waals surface area contributed by atoms with Crippen molar-refractivity contribution >= 4 is 11.7 Å². The fourth-order valence-electron chi connectivity index (χ4n) is 7.00. The summed E-state index contributed by atoms with van der Waals surface area (Å²) < 4.78 is 10.7. The molecule has 0 spiro atoms. The van der Waals surface area contributed by atoms with E-state index in [1.54, 1.807) is 18.2 Å². The first-order valence-corrected chi connectivity index (χ1v) is 12.2. The van der Waals surface area contributed by atoms with Crippen LogP contribution in [0, 0.1) is 28.6 Å². The van der Waals surface area contributed by atoms with Crippen LogP contribution >= 0.6 is 0 Å². The van der Waals surface area contributed by atoms with Crippen molar-refractivity contribution in [3.05, 3.63) is 23.8 Å². The van der Waals surface area contributed by atoms with Gasteiger partial charge in [-0.1, -0.05) is 13.8 Å². The van der Waals surface area contributed by atoms with Crippen LogP contribution in [0.3, 0.4) is 0 Å². The van der Waals surface area contributed by atoms with E-state index >= 15 is 0 Å². The summed E-state index contributed by atoms with van der Waals surface area (Å²) >= 11 is 0. The van der Waals surface area contributed by atoms with Crippen molar-refractivity contribution < 1.29 is 24.2 Å². The molecule has 0 saturated heterocycles. The number of ether oxygens (including phenoxy) is 2. The topological polar surface area (TPSA) is 84.9 Å². The monoisotopic (exact) mass is 441 g/mol. The quantitative estimate of drug-likeness (QED) is 0.735. The summed E-state index contributed by atoms with van der Waals surface area (Å²) in [4.78, 5) is 25.4. The van der Waals surface area contributed by atoms with E-state index in [9.17, 15) is 14.7 Å². The lowest BCUT2D eigenvalue weighted by atomic mass is 9.53. The van der Waals surface area contributed by atoms with E-state index < -0.39 is 0 Å². The molecule has 0 aromatic heterocycles. The number of ketones is 1. The molecule has 0 radical (unpaired) electrons. The van der Waals surface area contributed by atoms with Gasteiger partial charge >= 0.3 is 0 Å². The molecule has 3 saturated carbocycles. The summed E-state index contributed by atoms with van der Waals surface area (Å²) in [6.45, 7) is 5.28. The van der Waals surface area contributed by atoms with Crippen LogP contribution in [0.15, 0.2) is 18.2 Å². The highest BCUT2D eigenvalue weighted by Crippen LogP contribution is 2.58. The Bertz CT molecular complexity index is 915. The molecule has 6 unspecified atom stereocenters. The Labute approximate surface area is 190 Å². The molecular weight excluding hydrogens is 406 g/mol. The number of nitrogens with one attached hydrogen (secondary N) is 1. The number of Topliss-reactive ketones (excluding diaryl/α,β-unsaturated/α-hetero) is 1. The van der Waals surface area contributed by atoms with Crippen molar-refractivity contribution in [1.29, 1.82) is 0 Å². The maximum Gasteiger partial charge on any atom is 0.251 e. The smallest absolute Gasteiger partial charge is 0.251 e. The predicted octanol–water partition coefficient (Wildman–Crippen LogP) is 4.10. The summed E-state index contributed by atoms with van der Waals surface area (Å²) in [5, 5.41) is 13.6. The predicted molar refractivity (Wildman–Crippen MR) is 120 cm³/mol. The SMILES string of the molecule is CC12CCC(C3(C)CCC(O)CC3CNC(=O)c3ccc4c(c3)OCO4)CC1CCC2=O. The molecule has 1 aromatic rings. The van der Waals surface area contributed by atoms with Gasteiger partial charge in [0.1, 0.15) is 5.78 Å². The van der Waals surface area contributed by atoms with Crippen molar-refractivity contribution in [2.24, 2.45) is 28.6 Å². The molecule has 0 bridgehead atoms. The number of carbonyl (C=O) groups is 2. The highest BCUT2D eigenvalue weighted by atomic mass is 16.7. The van der Waals surface area contributed by atoms with Gasteiger partial charge < -0.3 is 19.9 Å². The van der Waals surface area contributed by atoms with E-state index in [1.807, 2.05) is 0 Å². The van der Waals surface area contributed by atoms with Crippen LogP contribution in [0.5, 0.6) is 11.5 Å². The number of aliphatic hydroxyl groups is 1. The van der Waals surface area contributed by atoms with Crippen molar-refractivity contribution in [2.75, 3.05) is 13.3 Å². The Morgan fingerprint density at radius 2 is 1.91 bits per heavy atom. The maximum absolute atomic E-state index is 12.9. The third kappa shape index (κ3) is 3.60. The highest BCUT2D eigenvalue weighted by Gasteiger charge is 2.54. The Morgan fingerprint density at radius 1 is 1.09 bits per heavy atom. The van der Waals surface area contributed by atoms with Gasteiger partial charge in [-0.2, -0.15) is 0 Å². The molecule has 4 aliphatic rings. The number of hydrogen-bond acceptors (Lipinski definition) is 5. The van der Waals surface area contributed by atoms with Gasteiger partial charge in [-0.05, 0) is 86.3 Å². The molecule has 5 rings (SSSR count). The summed E-state index contributed by atoms with van der Waals surface area (Å²) in [7, 11) is 0. The maximum atomic E-state index is 12.9. The zero-order valence-corrected chi connectivity index (χ0v) is 19.2. The highest BCUT2D eigenvalue weighted by molar-refractivity contribution is 5.95. The van der Waals surface area contributed by atoms with E-state index in [4.69, 9.17) is 9.47 Å². The number of hydrogen-bond donors (Lipinski definition) is 2. The Kier molecular flexibility index (Phi) is 5.47. The van der Waals surface area contributed by atoms with Gasteiger partial charge in [0.15, 0.2) is 11.5 Å². The molecule has 6 nitrogen and oxygen atoms in total. The summed E-state index contributed by atoms with van der Waals surface area (Å²) in [5.74, 6) is 2.84. The molecule has 174 valence electrons. The van der Waals surface area contributed by atoms with E-state index in [1.165, 1.54) is 0 Å². The molecule has 3 aliphatic carbocycles. The molecule has 3 fully saturated rings. The molecule has 2 N–H and O–H groups in total. The second-order valence-corrected chi connectivity index (χ2v) is 11.0. The summed E-state index contributed by atoms with van der Waals surface area (Å²) in [6, 6.07) is 5.26. The first-order chi connectivity index (χ1) is 15.3. The van der Waals surface area contributed by atoms with Gasteiger partial charge in [0.2, 0.25) is 6.79 Å². The first-order valence-electron chi connectivity index (χ1n) is 12.2. The third-order valence-corrected chi connectivity index (χ3v) is 9.42. The van der Waals surface area contributed by atoms with Gasteiger partial charge in [-0.15, -0.1) is 0 Å². The second kappa shape index (κ2) is 8.05. The molecule has 32 heavy (non-hydrogen) atoms. The van der Waals surface area contributed by atoms with Crippen LogP contribution < -0.4 is 14.8 Å². The van der Waals surface area contributed by atoms with Crippen LogP contribution in [0.1, 0.15) is 75.6 Å². The van der Waals surface area contributed by atoms with E-state index in [0.717, 1.165) is 51.4 Å². The normalized spacial score (nSPS) is 38.4. The molecule has 1 aromatic carbocycles. The van der Waals surface area contributed by atoms with Gasteiger partial charge in [-0.25, -0.2) is 0 Å². The lowest BCUT2D eigenvalue weighted by Gasteiger charge is -2.52. The molecular formula is C26H35NO5. The van der Waals surface area contributed by atoms with Crippen LogP contribution in [0.2, 0.25) is 0 Å². The van der Waals surface area contributed by atoms with Gasteiger partial charge in [0.25, 0.3) is 5.91 Å². The largest absolute Gasteiger partial charge is 0.454 e. The third-order valence-electron chi connectivity index (χ3n) is 9.42. The summed E-state index contributed by atoms with van der Waals surface area (Å²) in [5.41, 5.74) is 0.503. The lowest BCUT2D eigenvalue weighted by Crippen LogP contribution is -2.49. The minimum absolute atomic E-state index is 0.0639. The van der Waals surface area contributed by atoms with E-state index in [0.29, 0.717) is 41.2 Å². The fourth-order valence-corrected chi connectivity index (χ4v) is 7.00. The van der Waals surface area contributed by atoms with Crippen LogP contribution in [0.25, 0.3) is 0 Å². The second-order valence-electron chi connectivity index (χ2n) is 11.0. The number of fused-ring (bicyclic) bond motifs is 2.